The van der Waals surface area contributed by atoms with Crippen molar-refractivity contribution in [3.8, 4) is 11.5 Å². The van der Waals surface area contributed by atoms with Crippen LogP contribution in [0.4, 0.5) is 5.69 Å². The van der Waals surface area contributed by atoms with E-state index in [4.69, 9.17) is 9.47 Å². The topological polar surface area (TPSA) is 72.9 Å². The molecule has 1 amide bonds. The highest BCUT2D eigenvalue weighted by Gasteiger charge is 2.32. The van der Waals surface area contributed by atoms with Gasteiger partial charge in [0, 0.05) is 16.7 Å². The standard InChI is InChI=1S/C19H19NO5S/c1-24-17-7-3-14(4-8-17)19(21)20(16-11-12-26(22,23)13-16)15-5-9-18(25-2)10-6-15/h3-12,16H,13H2,1-2H3. The van der Waals surface area contributed by atoms with Crippen LogP contribution in [0.1, 0.15) is 10.4 Å². The third-order valence-corrected chi connectivity index (χ3v) is 5.53. The van der Waals surface area contributed by atoms with E-state index >= 15 is 0 Å². The number of rotatable bonds is 5. The van der Waals surface area contributed by atoms with Crippen molar-refractivity contribution >= 4 is 21.4 Å². The highest BCUT2D eigenvalue weighted by molar-refractivity contribution is 7.94. The predicted octanol–water partition coefficient (Wildman–Crippen LogP) is 2.66. The first-order valence-electron chi connectivity index (χ1n) is 7.96. The first-order chi connectivity index (χ1) is 12.4. The lowest BCUT2D eigenvalue weighted by molar-refractivity contribution is 0.0983. The van der Waals surface area contributed by atoms with Gasteiger partial charge in [0.1, 0.15) is 11.5 Å². The summed E-state index contributed by atoms with van der Waals surface area (Å²) in [4.78, 5) is 14.6. The summed E-state index contributed by atoms with van der Waals surface area (Å²) in [5, 5.41) is 1.16. The minimum absolute atomic E-state index is 0.138. The molecule has 0 aliphatic carbocycles. The monoisotopic (exact) mass is 373 g/mol. The Kier molecular flexibility index (Phi) is 4.99. The zero-order valence-corrected chi connectivity index (χ0v) is 15.3. The maximum Gasteiger partial charge on any atom is 0.258 e. The van der Waals surface area contributed by atoms with Gasteiger partial charge < -0.3 is 14.4 Å². The molecule has 26 heavy (non-hydrogen) atoms. The largest absolute Gasteiger partial charge is 0.497 e. The summed E-state index contributed by atoms with van der Waals surface area (Å²) in [5.41, 5.74) is 1.04. The molecule has 0 saturated carbocycles. The average molecular weight is 373 g/mol. The van der Waals surface area contributed by atoms with Crippen molar-refractivity contribution in [2.24, 2.45) is 0 Å². The van der Waals surface area contributed by atoms with Gasteiger partial charge >= 0.3 is 0 Å². The van der Waals surface area contributed by atoms with Crippen molar-refractivity contribution < 1.29 is 22.7 Å². The summed E-state index contributed by atoms with van der Waals surface area (Å²) in [6.45, 7) is 0. The number of methoxy groups -OCH3 is 2. The quantitative estimate of drug-likeness (QED) is 0.806. The number of anilines is 1. The number of hydrogen-bond donors (Lipinski definition) is 0. The number of carbonyl (C=O) groups excluding carboxylic acids is 1. The second-order valence-corrected chi connectivity index (χ2v) is 7.76. The fourth-order valence-corrected chi connectivity index (χ4v) is 4.06. The van der Waals surface area contributed by atoms with E-state index in [0.29, 0.717) is 22.7 Å². The molecule has 1 aliphatic heterocycles. The number of benzene rings is 2. The van der Waals surface area contributed by atoms with Crippen LogP contribution in [-0.4, -0.2) is 40.3 Å². The van der Waals surface area contributed by atoms with Crippen LogP contribution in [0.25, 0.3) is 0 Å². The first kappa shape index (κ1) is 18.0. The van der Waals surface area contributed by atoms with E-state index in [1.807, 2.05) is 0 Å². The first-order valence-corrected chi connectivity index (χ1v) is 9.68. The van der Waals surface area contributed by atoms with Crippen molar-refractivity contribution in [1.82, 2.24) is 0 Å². The maximum absolute atomic E-state index is 13.1. The number of amides is 1. The minimum atomic E-state index is -3.31. The molecule has 0 aromatic heterocycles. The van der Waals surface area contributed by atoms with Gasteiger partial charge in [-0.25, -0.2) is 8.42 Å². The summed E-state index contributed by atoms with van der Waals surface area (Å²) >= 11 is 0. The van der Waals surface area contributed by atoms with E-state index in [2.05, 4.69) is 0 Å². The highest BCUT2D eigenvalue weighted by atomic mass is 32.2. The number of ether oxygens (including phenoxy) is 2. The van der Waals surface area contributed by atoms with Crippen molar-refractivity contribution in [2.75, 3.05) is 24.9 Å². The molecule has 2 aromatic rings. The van der Waals surface area contributed by atoms with Gasteiger partial charge in [-0.05, 0) is 54.6 Å². The summed E-state index contributed by atoms with van der Waals surface area (Å²) < 4.78 is 34.0. The fourth-order valence-electron chi connectivity index (χ4n) is 2.79. The third kappa shape index (κ3) is 3.72. The molecule has 3 rings (SSSR count). The van der Waals surface area contributed by atoms with Crippen LogP contribution in [0.15, 0.2) is 60.0 Å². The summed E-state index contributed by atoms with van der Waals surface area (Å²) in [7, 11) is -0.199. The van der Waals surface area contributed by atoms with Gasteiger partial charge in [0.25, 0.3) is 5.91 Å². The van der Waals surface area contributed by atoms with Crippen molar-refractivity contribution in [2.45, 2.75) is 6.04 Å². The number of carbonyl (C=O) groups is 1. The Morgan fingerprint density at radius 2 is 1.50 bits per heavy atom. The van der Waals surface area contributed by atoms with E-state index in [1.165, 1.54) is 4.90 Å². The van der Waals surface area contributed by atoms with Gasteiger partial charge in [0.2, 0.25) is 0 Å². The van der Waals surface area contributed by atoms with Crippen LogP contribution < -0.4 is 14.4 Å². The van der Waals surface area contributed by atoms with Crippen LogP contribution in [0, 0.1) is 0 Å². The summed E-state index contributed by atoms with van der Waals surface area (Å²) in [6.07, 6.45) is 1.54. The molecule has 2 aromatic carbocycles. The smallest absolute Gasteiger partial charge is 0.258 e. The van der Waals surface area contributed by atoms with Gasteiger partial charge in [-0.2, -0.15) is 0 Å². The normalized spacial score (nSPS) is 17.7. The van der Waals surface area contributed by atoms with Crippen molar-refractivity contribution in [3.05, 3.63) is 65.6 Å². The molecule has 0 bridgehead atoms. The van der Waals surface area contributed by atoms with Gasteiger partial charge in [0.15, 0.2) is 9.84 Å². The molecule has 7 heteroatoms. The number of sulfone groups is 1. The van der Waals surface area contributed by atoms with E-state index < -0.39 is 15.9 Å². The van der Waals surface area contributed by atoms with E-state index in [1.54, 1.807) is 68.8 Å². The molecule has 0 spiro atoms. The molecule has 136 valence electrons. The van der Waals surface area contributed by atoms with Crippen LogP contribution in [0.3, 0.4) is 0 Å². The van der Waals surface area contributed by atoms with Crippen LogP contribution in [0.2, 0.25) is 0 Å². The van der Waals surface area contributed by atoms with Crippen molar-refractivity contribution in [3.63, 3.8) is 0 Å². The molecule has 0 N–H and O–H groups in total. The van der Waals surface area contributed by atoms with Gasteiger partial charge in [-0.1, -0.05) is 0 Å². The Balaban J connectivity index is 1.98. The van der Waals surface area contributed by atoms with Gasteiger partial charge in [0.05, 0.1) is 26.0 Å². The van der Waals surface area contributed by atoms with Crippen molar-refractivity contribution in [1.29, 1.82) is 0 Å². The molecule has 0 fully saturated rings. The van der Waals surface area contributed by atoms with E-state index in [-0.39, 0.29) is 11.7 Å². The molecule has 0 radical (unpaired) electrons. The lowest BCUT2D eigenvalue weighted by Gasteiger charge is -2.28. The molecule has 1 atom stereocenters. The summed E-state index contributed by atoms with van der Waals surface area (Å²) in [6, 6.07) is 13.1. The molecule has 0 saturated heterocycles. The maximum atomic E-state index is 13.1. The molecule has 1 aliphatic rings. The zero-order chi connectivity index (χ0) is 18.7. The molecule has 1 unspecified atom stereocenters. The van der Waals surface area contributed by atoms with Crippen LogP contribution in [-0.2, 0) is 9.84 Å². The number of nitrogens with zero attached hydrogens (tertiary/aromatic N) is 1. The predicted molar refractivity (Wildman–Crippen MR) is 99.5 cm³/mol. The Morgan fingerprint density at radius 1 is 0.962 bits per heavy atom. The highest BCUT2D eigenvalue weighted by Crippen LogP contribution is 2.27. The summed E-state index contributed by atoms with van der Waals surface area (Å²) in [5.74, 6) is 0.867. The third-order valence-electron chi connectivity index (χ3n) is 4.15. The molecular formula is C19H19NO5S. The molecular weight excluding hydrogens is 354 g/mol. The van der Waals surface area contributed by atoms with Crippen LogP contribution >= 0.6 is 0 Å². The molecule has 6 nitrogen and oxygen atoms in total. The Hall–Kier alpha value is -2.80. The van der Waals surface area contributed by atoms with Gasteiger partial charge in [-0.15, -0.1) is 0 Å². The average Bonchev–Trinajstić information content (AvgIpc) is 3.02. The SMILES string of the molecule is COc1ccc(C(=O)N(c2ccc(OC)cc2)C2C=CS(=O)(=O)C2)cc1. The Labute approximate surface area is 152 Å². The van der Waals surface area contributed by atoms with E-state index in [0.717, 1.165) is 5.41 Å². The fraction of sp³-hybridized carbons (Fsp3) is 0.211. The number of hydrogen-bond acceptors (Lipinski definition) is 5. The second kappa shape index (κ2) is 7.21. The molecule has 1 heterocycles. The lowest BCUT2D eigenvalue weighted by Crippen LogP contribution is -2.41. The zero-order valence-electron chi connectivity index (χ0n) is 14.5. The van der Waals surface area contributed by atoms with Gasteiger partial charge in [-0.3, -0.25) is 4.79 Å². The minimum Gasteiger partial charge on any atom is -0.497 e. The lowest BCUT2D eigenvalue weighted by atomic mass is 10.1. The van der Waals surface area contributed by atoms with E-state index in [9.17, 15) is 13.2 Å². The van der Waals surface area contributed by atoms with Crippen LogP contribution in [0.5, 0.6) is 11.5 Å². The second-order valence-electron chi connectivity index (χ2n) is 5.83. The Bertz CT molecular complexity index is 917. The Morgan fingerprint density at radius 3 is 1.96 bits per heavy atom.